The summed E-state index contributed by atoms with van der Waals surface area (Å²) < 4.78 is 41.7. The first kappa shape index (κ1) is 28.7. The van der Waals surface area contributed by atoms with Crippen molar-refractivity contribution in [3.63, 3.8) is 0 Å². The summed E-state index contributed by atoms with van der Waals surface area (Å²) in [6, 6.07) is 0. The molecule has 10 nitrogen and oxygen atoms in total. The molecule has 178 valence electrons. The molecule has 0 aliphatic rings. The van der Waals surface area contributed by atoms with E-state index in [2.05, 4.69) is 0 Å². The number of hydrogen-bond acceptors (Lipinski definition) is 10. The fourth-order valence-electron chi connectivity index (χ4n) is 1.87. The van der Waals surface area contributed by atoms with Gasteiger partial charge in [0.1, 0.15) is 18.8 Å². The summed E-state index contributed by atoms with van der Waals surface area (Å²) in [7, 11) is 0. The molecule has 0 aliphatic carbocycles. The predicted molar refractivity (Wildman–Crippen MR) is 107 cm³/mol. The molecule has 0 aromatic heterocycles. The maximum absolute atomic E-state index is 11.4. The van der Waals surface area contributed by atoms with Crippen LogP contribution in [0.15, 0.2) is 0 Å². The van der Waals surface area contributed by atoms with E-state index in [9.17, 15) is 9.59 Å². The van der Waals surface area contributed by atoms with E-state index in [1.54, 1.807) is 0 Å². The second kappa shape index (κ2) is 19.7. The zero-order chi connectivity index (χ0) is 22.5. The number of carbonyl (C=O) groups excluding carboxylic acids is 2. The summed E-state index contributed by atoms with van der Waals surface area (Å²) >= 11 is 0. The highest BCUT2D eigenvalue weighted by atomic mass is 16.6. The lowest BCUT2D eigenvalue weighted by Gasteiger charge is -2.19. The van der Waals surface area contributed by atoms with Crippen LogP contribution in [0.5, 0.6) is 0 Å². The van der Waals surface area contributed by atoms with Crippen molar-refractivity contribution in [1.29, 1.82) is 0 Å². The van der Waals surface area contributed by atoms with Crippen LogP contribution in [0.3, 0.4) is 0 Å². The van der Waals surface area contributed by atoms with Gasteiger partial charge in [0.05, 0.1) is 72.7 Å². The van der Waals surface area contributed by atoms with Crippen LogP contribution in [0.2, 0.25) is 0 Å². The van der Waals surface area contributed by atoms with Gasteiger partial charge in [-0.25, -0.2) is 4.79 Å². The van der Waals surface area contributed by atoms with Crippen LogP contribution >= 0.6 is 0 Å². The van der Waals surface area contributed by atoms with Gasteiger partial charge in [-0.2, -0.15) is 0 Å². The van der Waals surface area contributed by atoms with E-state index in [1.807, 2.05) is 20.8 Å². The van der Waals surface area contributed by atoms with E-state index in [0.717, 1.165) is 0 Å². The second-order valence-electron chi connectivity index (χ2n) is 7.04. The minimum Gasteiger partial charge on any atom is -0.463 e. The molecule has 0 aliphatic heterocycles. The van der Waals surface area contributed by atoms with Gasteiger partial charge in [-0.05, 0) is 20.8 Å². The van der Waals surface area contributed by atoms with Gasteiger partial charge in [-0.1, -0.05) is 0 Å². The third-order valence-corrected chi connectivity index (χ3v) is 3.03. The van der Waals surface area contributed by atoms with Crippen molar-refractivity contribution in [3.05, 3.63) is 0 Å². The highest BCUT2D eigenvalue weighted by Gasteiger charge is 2.15. The van der Waals surface area contributed by atoms with E-state index in [4.69, 9.17) is 37.9 Å². The maximum Gasteiger partial charge on any atom is 0.332 e. The van der Waals surface area contributed by atoms with Gasteiger partial charge >= 0.3 is 11.9 Å². The van der Waals surface area contributed by atoms with E-state index in [1.165, 1.54) is 6.92 Å². The second-order valence-corrected chi connectivity index (χ2v) is 7.04. The van der Waals surface area contributed by atoms with Gasteiger partial charge in [-0.3, -0.25) is 4.79 Å². The Kier molecular flexibility index (Phi) is 18.8. The van der Waals surface area contributed by atoms with E-state index in [0.29, 0.717) is 72.7 Å². The first-order valence-corrected chi connectivity index (χ1v) is 10.1. The SMILES string of the molecule is CC(=O)OCCOCCOCCOCCOCCOCCOCC(=O)OC(C)(C)C. The van der Waals surface area contributed by atoms with Crippen LogP contribution in [0, 0.1) is 0 Å². The molecule has 0 radical (unpaired) electrons. The Labute approximate surface area is 179 Å². The molecule has 0 rings (SSSR count). The molecule has 0 aromatic rings. The monoisotopic (exact) mass is 438 g/mol. The summed E-state index contributed by atoms with van der Waals surface area (Å²) in [4.78, 5) is 21.9. The first-order valence-electron chi connectivity index (χ1n) is 10.1. The fraction of sp³-hybridized carbons (Fsp3) is 0.900. The van der Waals surface area contributed by atoms with Crippen molar-refractivity contribution >= 4 is 11.9 Å². The van der Waals surface area contributed by atoms with Crippen molar-refractivity contribution < 1.29 is 47.5 Å². The lowest BCUT2D eigenvalue weighted by atomic mass is 10.2. The maximum atomic E-state index is 11.4. The Hall–Kier alpha value is -1.30. The quantitative estimate of drug-likeness (QED) is 0.202. The molecular weight excluding hydrogens is 400 g/mol. The molecule has 0 saturated heterocycles. The normalized spacial score (nSPS) is 11.5. The summed E-state index contributed by atoms with van der Waals surface area (Å²) in [5.41, 5.74) is -0.506. The molecule has 0 spiro atoms. The standard InChI is InChI=1S/C20H38O10/c1-18(21)29-16-15-27-12-11-25-8-7-23-5-6-24-9-10-26-13-14-28-17-19(22)30-20(2,3)4/h5-17H2,1-4H3. The Bertz CT molecular complexity index is 422. The number of hydrogen-bond donors (Lipinski definition) is 0. The predicted octanol–water partition coefficient (Wildman–Crippen LogP) is 0.991. The molecule has 0 fully saturated rings. The topological polar surface area (TPSA) is 108 Å². The van der Waals surface area contributed by atoms with Crippen LogP contribution in [0.4, 0.5) is 0 Å². The molecule has 0 amide bonds. The largest absolute Gasteiger partial charge is 0.463 e. The zero-order valence-corrected chi connectivity index (χ0v) is 18.8. The smallest absolute Gasteiger partial charge is 0.332 e. The van der Waals surface area contributed by atoms with Crippen LogP contribution in [-0.4, -0.2) is 103 Å². The Morgan fingerprint density at radius 3 is 1.23 bits per heavy atom. The number of ether oxygens (including phenoxy) is 8. The minimum atomic E-state index is -0.506. The molecule has 30 heavy (non-hydrogen) atoms. The van der Waals surface area contributed by atoms with Crippen molar-refractivity contribution in [2.45, 2.75) is 33.3 Å². The molecule has 0 saturated carbocycles. The van der Waals surface area contributed by atoms with Crippen LogP contribution < -0.4 is 0 Å². The van der Waals surface area contributed by atoms with Crippen LogP contribution in [0.1, 0.15) is 27.7 Å². The van der Waals surface area contributed by atoms with Crippen molar-refractivity contribution in [1.82, 2.24) is 0 Å². The summed E-state index contributed by atoms with van der Waals surface area (Å²) in [5.74, 6) is -0.703. The average Bonchev–Trinajstić information content (AvgIpc) is 2.64. The minimum absolute atomic E-state index is 0.0821. The van der Waals surface area contributed by atoms with Gasteiger partial charge in [-0.15, -0.1) is 0 Å². The van der Waals surface area contributed by atoms with Gasteiger partial charge in [0.25, 0.3) is 0 Å². The van der Waals surface area contributed by atoms with E-state index < -0.39 is 5.60 Å². The average molecular weight is 439 g/mol. The van der Waals surface area contributed by atoms with E-state index in [-0.39, 0.29) is 25.2 Å². The lowest BCUT2D eigenvalue weighted by molar-refractivity contribution is -0.160. The number of rotatable bonds is 20. The Morgan fingerprint density at radius 1 is 0.567 bits per heavy atom. The van der Waals surface area contributed by atoms with Gasteiger partial charge < -0.3 is 37.9 Å². The highest BCUT2D eigenvalue weighted by Crippen LogP contribution is 2.06. The molecule has 0 unspecified atom stereocenters. The molecule has 0 bridgehead atoms. The third kappa shape index (κ3) is 24.7. The molecular formula is C20H38O10. The van der Waals surface area contributed by atoms with Crippen molar-refractivity contribution in [3.8, 4) is 0 Å². The van der Waals surface area contributed by atoms with E-state index >= 15 is 0 Å². The van der Waals surface area contributed by atoms with Gasteiger partial charge in [0.15, 0.2) is 0 Å². The zero-order valence-electron chi connectivity index (χ0n) is 18.8. The fourth-order valence-corrected chi connectivity index (χ4v) is 1.87. The van der Waals surface area contributed by atoms with Crippen molar-refractivity contribution in [2.24, 2.45) is 0 Å². The first-order chi connectivity index (χ1) is 14.3. The molecule has 0 aromatic carbocycles. The third-order valence-electron chi connectivity index (χ3n) is 3.03. The van der Waals surface area contributed by atoms with Gasteiger partial charge in [0, 0.05) is 6.92 Å². The molecule has 10 heteroatoms. The molecule has 0 heterocycles. The summed E-state index contributed by atoms with van der Waals surface area (Å²) in [6.07, 6.45) is 0. The molecule has 0 atom stereocenters. The number of carbonyl (C=O) groups is 2. The highest BCUT2D eigenvalue weighted by molar-refractivity contribution is 5.71. The van der Waals surface area contributed by atoms with Crippen LogP contribution in [-0.2, 0) is 47.5 Å². The summed E-state index contributed by atoms with van der Waals surface area (Å²) in [6.45, 7) is 11.7. The Balaban J connectivity index is 3.13. The molecule has 0 N–H and O–H groups in total. The Morgan fingerprint density at radius 2 is 0.900 bits per heavy atom. The lowest BCUT2D eigenvalue weighted by Crippen LogP contribution is -2.27. The van der Waals surface area contributed by atoms with Crippen molar-refractivity contribution in [2.75, 3.05) is 85.9 Å². The van der Waals surface area contributed by atoms with Crippen LogP contribution in [0.25, 0.3) is 0 Å². The van der Waals surface area contributed by atoms with Gasteiger partial charge in [0.2, 0.25) is 0 Å². The summed E-state index contributed by atoms with van der Waals surface area (Å²) in [5, 5.41) is 0. The number of esters is 2.